The van der Waals surface area contributed by atoms with Gasteiger partial charge in [-0.1, -0.05) is 0 Å². The van der Waals surface area contributed by atoms with Gasteiger partial charge in [-0.3, -0.25) is 4.79 Å². The Morgan fingerprint density at radius 3 is 2.71 bits per heavy atom. The maximum atomic E-state index is 11.9. The van der Waals surface area contributed by atoms with Gasteiger partial charge in [0, 0.05) is 18.2 Å². The van der Waals surface area contributed by atoms with Gasteiger partial charge in [0.2, 0.25) is 5.91 Å². The summed E-state index contributed by atoms with van der Waals surface area (Å²) >= 11 is 0. The Kier molecular flexibility index (Phi) is 4.25. The van der Waals surface area contributed by atoms with Gasteiger partial charge in [-0.2, -0.15) is 15.0 Å². The van der Waals surface area contributed by atoms with E-state index in [1.807, 2.05) is 24.3 Å². The molecule has 1 aliphatic rings. The van der Waals surface area contributed by atoms with Gasteiger partial charge in [0.15, 0.2) is 0 Å². The summed E-state index contributed by atoms with van der Waals surface area (Å²) < 4.78 is 0. The molecule has 6 heteroatoms. The second-order valence-corrected chi connectivity index (χ2v) is 5.25. The molecule has 21 heavy (non-hydrogen) atoms. The van der Waals surface area contributed by atoms with E-state index in [2.05, 4.69) is 20.8 Å². The van der Waals surface area contributed by atoms with Gasteiger partial charge in [0.1, 0.15) is 0 Å². The molecule has 0 radical (unpaired) electrons. The average Bonchev–Trinajstić information content (AvgIpc) is 3.19. The fourth-order valence-electron chi connectivity index (χ4n) is 2.56. The predicted molar refractivity (Wildman–Crippen MR) is 80.2 cm³/mol. The number of carbonyl (C=O) groups is 1. The first-order chi connectivity index (χ1) is 10.3. The highest BCUT2D eigenvalue weighted by Gasteiger charge is 2.15. The van der Waals surface area contributed by atoms with Crippen molar-refractivity contribution < 1.29 is 4.79 Å². The van der Waals surface area contributed by atoms with Crippen molar-refractivity contribution in [3.05, 3.63) is 36.7 Å². The van der Waals surface area contributed by atoms with Crippen LogP contribution in [0.1, 0.15) is 25.7 Å². The smallest absolute Gasteiger partial charge is 0.224 e. The van der Waals surface area contributed by atoms with E-state index in [1.165, 1.54) is 17.6 Å². The quantitative estimate of drug-likeness (QED) is 0.877. The first-order valence-electron chi connectivity index (χ1n) is 7.31. The zero-order valence-corrected chi connectivity index (χ0v) is 11.8. The Morgan fingerprint density at radius 2 is 2.05 bits per heavy atom. The summed E-state index contributed by atoms with van der Waals surface area (Å²) in [6, 6.07) is 8.00. The lowest BCUT2D eigenvalue weighted by molar-refractivity contribution is -0.116. The molecular formula is C15H19N5O. The molecule has 1 atom stereocenters. The van der Waals surface area contributed by atoms with Gasteiger partial charge < -0.3 is 10.6 Å². The van der Waals surface area contributed by atoms with E-state index >= 15 is 0 Å². The molecule has 2 N–H and O–H groups in total. The number of benzene rings is 1. The lowest BCUT2D eigenvalue weighted by Crippen LogP contribution is -2.23. The lowest BCUT2D eigenvalue weighted by atomic mass is 10.1. The van der Waals surface area contributed by atoms with Gasteiger partial charge in [-0.25, -0.2) is 0 Å². The third kappa shape index (κ3) is 3.66. The number of carbonyl (C=O) groups excluding carboxylic acids is 1. The number of hydrogen-bond acceptors (Lipinski definition) is 4. The molecule has 1 aliphatic heterocycles. The Bertz CT molecular complexity index is 573. The predicted octanol–water partition coefficient (Wildman–Crippen LogP) is 1.74. The van der Waals surface area contributed by atoms with Crippen molar-refractivity contribution in [2.75, 3.05) is 11.9 Å². The molecule has 1 saturated heterocycles. The molecule has 1 amide bonds. The average molecular weight is 285 g/mol. The minimum absolute atomic E-state index is 0.0636. The Hall–Kier alpha value is -2.21. The molecule has 0 saturated carbocycles. The van der Waals surface area contributed by atoms with Crippen LogP contribution < -0.4 is 10.6 Å². The summed E-state index contributed by atoms with van der Waals surface area (Å²) in [7, 11) is 0. The molecule has 6 nitrogen and oxygen atoms in total. The highest BCUT2D eigenvalue weighted by atomic mass is 16.1. The molecule has 1 aromatic carbocycles. The number of aromatic nitrogens is 3. The van der Waals surface area contributed by atoms with Gasteiger partial charge in [-0.15, -0.1) is 0 Å². The maximum Gasteiger partial charge on any atom is 0.224 e. The second kappa shape index (κ2) is 6.49. The topological polar surface area (TPSA) is 71.8 Å². The first kappa shape index (κ1) is 13.8. The Balaban J connectivity index is 1.51. The van der Waals surface area contributed by atoms with Crippen molar-refractivity contribution in [2.45, 2.75) is 31.7 Å². The number of amides is 1. The van der Waals surface area contributed by atoms with E-state index in [0.717, 1.165) is 24.3 Å². The van der Waals surface area contributed by atoms with Crippen LogP contribution in [-0.2, 0) is 4.79 Å². The summed E-state index contributed by atoms with van der Waals surface area (Å²) in [6.45, 7) is 1.08. The van der Waals surface area contributed by atoms with E-state index in [-0.39, 0.29) is 5.91 Å². The van der Waals surface area contributed by atoms with Crippen LogP contribution in [0.4, 0.5) is 5.69 Å². The van der Waals surface area contributed by atoms with Crippen molar-refractivity contribution in [3.63, 3.8) is 0 Å². The molecular weight excluding hydrogens is 266 g/mol. The summed E-state index contributed by atoms with van der Waals surface area (Å²) in [4.78, 5) is 13.5. The van der Waals surface area contributed by atoms with Crippen molar-refractivity contribution in [2.24, 2.45) is 0 Å². The van der Waals surface area contributed by atoms with E-state index in [9.17, 15) is 4.79 Å². The summed E-state index contributed by atoms with van der Waals surface area (Å²) in [5.74, 6) is 0.0636. The molecule has 2 aromatic rings. The molecule has 0 aliphatic carbocycles. The number of rotatable bonds is 5. The van der Waals surface area contributed by atoms with E-state index in [0.29, 0.717) is 12.5 Å². The van der Waals surface area contributed by atoms with Crippen LogP contribution in [0.15, 0.2) is 36.7 Å². The van der Waals surface area contributed by atoms with Crippen molar-refractivity contribution in [1.82, 2.24) is 20.3 Å². The molecule has 0 bridgehead atoms. The van der Waals surface area contributed by atoms with Crippen LogP contribution in [0.2, 0.25) is 0 Å². The SMILES string of the molecule is O=C(CCC1CCCN1)Nc1ccc(-n2nccn2)cc1. The van der Waals surface area contributed by atoms with Crippen molar-refractivity contribution in [1.29, 1.82) is 0 Å². The van der Waals surface area contributed by atoms with Crippen molar-refractivity contribution >= 4 is 11.6 Å². The van der Waals surface area contributed by atoms with Crippen LogP contribution in [-0.4, -0.2) is 33.5 Å². The standard InChI is InChI=1S/C15H19N5O/c21-15(8-5-12-2-1-9-16-12)19-13-3-6-14(7-4-13)20-17-10-11-18-20/h3-4,6-7,10-12,16H,1-2,5,8-9H2,(H,19,21). The Morgan fingerprint density at radius 1 is 1.29 bits per heavy atom. The summed E-state index contributed by atoms with van der Waals surface area (Å²) in [5.41, 5.74) is 1.67. The molecule has 0 spiro atoms. The molecule has 110 valence electrons. The minimum atomic E-state index is 0.0636. The van der Waals surface area contributed by atoms with Gasteiger partial charge in [0.25, 0.3) is 0 Å². The summed E-state index contributed by atoms with van der Waals surface area (Å²) in [5, 5.41) is 14.4. The van der Waals surface area contributed by atoms with Crippen LogP contribution in [0.5, 0.6) is 0 Å². The maximum absolute atomic E-state index is 11.9. The van der Waals surface area contributed by atoms with Crippen molar-refractivity contribution in [3.8, 4) is 5.69 Å². The molecule has 1 unspecified atom stereocenters. The molecule has 3 rings (SSSR count). The normalized spacial score (nSPS) is 17.8. The number of anilines is 1. The highest BCUT2D eigenvalue weighted by molar-refractivity contribution is 5.90. The highest BCUT2D eigenvalue weighted by Crippen LogP contribution is 2.14. The third-order valence-corrected chi connectivity index (χ3v) is 3.68. The van der Waals surface area contributed by atoms with E-state index in [1.54, 1.807) is 12.4 Å². The van der Waals surface area contributed by atoms with Crippen LogP contribution >= 0.6 is 0 Å². The van der Waals surface area contributed by atoms with Gasteiger partial charge in [-0.05, 0) is 50.1 Å². The first-order valence-corrected chi connectivity index (χ1v) is 7.31. The van der Waals surface area contributed by atoms with E-state index in [4.69, 9.17) is 0 Å². The molecule has 2 heterocycles. The Labute approximate surface area is 123 Å². The van der Waals surface area contributed by atoms with Crippen LogP contribution in [0.25, 0.3) is 5.69 Å². The third-order valence-electron chi connectivity index (χ3n) is 3.68. The van der Waals surface area contributed by atoms with Gasteiger partial charge >= 0.3 is 0 Å². The molecule has 1 fully saturated rings. The second-order valence-electron chi connectivity index (χ2n) is 5.25. The fourth-order valence-corrected chi connectivity index (χ4v) is 2.56. The van der Waals surface area contributed by atoms with Crippen LogP contribution in [0.3, 0.4) is 0 Å². The zero-order valence-electron chi connectivity index (χ0n) is 11.8. The van der Waals surface area contributed by atoms with E-state index < -0.39 is 0 Å². The van der Waals surface area contributed by atoms with Gasteiger partial charge in [0.05, 0.1) is 18.1 Å². The fraction of sp³-hybridized carbons (Fsp3) is 0.400. The molecule has 1 aromatic heterocycles. The van der Waals surface area contributed by atoms with Crippen LogP contribution in [0, 0.1) is 0 Å². The number of nitrogens with one attached hydrogen (secondary N) is 2. The minimum Gasteiger partial charge on any atom is -0.326 e. The number of nitrogens with zero attached hydrogens (tertiary/aromatic N) is 3. The largest absolute Gasteiger partial charge is 0.326 e. The summed E-state index contributed by atoms with van der Waals surface area (Å²) in [6.07, 6.45) is 7.12. The monoisotopic (exact) mass is 285 g/mol. The zero-order chi connectivity index (χ0) is 14.5. The lowest BCUT2D eigenvalue weighted by Gasteiger charge is -2.10. The number of hydrogen-bond donors (Lipinski definition) is 2.